The fourth-order valence-corrected chi connectivity index (χ4v) is 10.9. The van der Waals surface area contributed by atoms with Crippen molar-refractivity contribution < 1.29 is 53.2 Å². The van der Waals surface area contributed by atoms with E-state index < -0.39 is 45.9 Å². The molecular weight excluding hydrogens is 1190 g/mol. The van der Waals surface area contributed by atoms with E-state index in [1.807, 2.05) is 13.0 Å². The smallest absolute Gasteiger partial charge is 0.713 e. The van der Waals surface area contributed by atoms with Crippen LogP contribution in [0.3, 0.4) is 0 Å². The van der Waals surface area contributed by atoms with Crippen LogP contribution in [0.1, 0.15) is 79.6 Å². The summed E-state index contributed by atoms with van der Waals surface area (Å²) in [6.45, 7) is 9.79. The summed E-state index contributed by atoms with van der Waals surface area (Å²) in [5, 5.41) is -0.595. The van der Waals surface area contributed by atoms with Gasteiger partial charge in [0.1, 0.15) is 0 Å². The van der Waals surface area contributed by atoms with Crippen molar-refractivity contribution >= 4 is 121 Å². The maximum absolute atomic E-state index is 12.6. The fourth-order valence-electron chi connectivity index (χ4n) is 5.96. The predicted molar refractivity (Wildman–Crippen MR) is 233 cm³/mol. The maximum atomic E-state index is 12.6. The topological polar surface area (TPSA) is 112 Å². The van der Waals surface area contributed by atoms with Crippen LogP contribution in [0.4, 0.5) is 0 Å². The van der Waals surface area contributed by atoms with E-state index in [2.05, 4.69) is 90.5 Å². The summed E-state index contributed by atoms with van der Waals surface area (Å²) in [5.74, 6) is 1.03. The van der Waals surface area contributed by atoms with E-state index >= 15 is 0 Å². The minimum absolute atomic E-state index is 0. The Morgan fingerprint density at radius 2 is 1.31 bits per heavy atom. The van der Waals surface area contributed by atoms with Crippen LogP contribution < -0.4 is 18.9 Å². The molecule has 17 heteroatoms. The van der Waals surface area contributed by atoms with E-state index in [9.17, 15) is 25.3 Å². The Labute approximate surface area is 365 Å². The van der Waals surface area contributed by atoms with Gasteiger partial charge in [-0.25, -0.2) is 16.8 Å². The average molecular weight is 1240 g/mol. The fraction of sp³-hybridized carbons (Fsp3) is 0.594. The van der Waals surface area contributed by atoms with Crippen molar-refractivity contribution in [2.45, 2.75) is 105 Å². The largest absolute Gasteiger partial charge is 1.00 e. The van der Waals surface area contributed by atoms with Crippen LogP contribution in [-0.2, 0) is 48.7 Å². The molecule has 278 valence electrons. The molecule has 2 aromatic rings. The van der Waals surface area contributed by atoms with Gasteiger partial charge in [-0.1, -0.05) is 71.0 Å². The number of fused-ring (bicyclic) bond motifs is 1. The van der Waals surface area contributed by atoms with E-state index in [-0.39, 0.29) is 48.4 Å². The SMILES string of the molecule is C.C[C@@H]1CC[C@@]2(S(=O)(=O)c3ccccc3)C[C@@H]12.C[C@@H]1CC[C@H](S(=O)(=O)c2ccccc2)C[C@H]1OS(C)(=O)=O.[CH2-]CCC.[I][V]([I])[I].[Li+].[S-]I. The van der Waals surface area contributed by atoms with Gasteiger partial charge in [-0.05, 0) is 80.5 Å². The van der Waals surface area contributed by atoms with E-state index in [1.165, 1.54) is 6.42 Å². The van der Waals surface area contributed by atoms with Crippen molar-refractivity contribution in [2.24, 2.45) is 17.8 Å². The summed E-state index contributed by atoms with van der Waals surface area (Å²) in [6.07, 6.45) is 6.88. The molecule has 5 rings (SSSR count). The number of sulfone groups is 2. The van der Waals surface area contributed by atoms with Gasteiger partial charge in [-0.15, -0.1) is 0 Å². The van der Waals surface area contributed by atoms with Crippen molar-refractivity contribution in [2.75, 3.05) is 6.26 Å². The maximum Gasteiger partial charge on any atom is 1.00 e. The molecule has 3 aliphatic rings. The molecule has 2 aromatic carbocycles. The van der Waals surface area contributed by atoms with Gasteiger partial charge in [0.05, 0.1) is 32.1 Å². The van der Waals surface area contributed by atoms with Crippen molar-refractivity contribution in [1.29, 1.82) is 0 Å². The van der Waals surface area contributed by atoms with Crippen molar-refractivity contribution in [3.8, 4) is 0 Å². The zero-order valence-electron chi connectivity index (χ0n) is 28.0. The van der Waals surface area contributed by atoms with E-state index in [0.29, 0.717) is 29.6 Å². The minimum atomic E-state index is -3.59. The van der Waals surface area contributed by atoms with E-state index in [1.54, 1.807) is 75.8 Å². The van der Waals surface area contributed by atoms with Gasteiger partial charge in [0, 0.05) is 0 Å². The molecule has 0 N–H and O–H groups in total. The van der Waals surface area contributed by atoms with Crippen LogP contribution >= 0.6 is 81.1 Å². The number of hydrogen-bond acceptors (Lipinski definition) is 8. The monoisotopic (exact) mass is 1240 g/mol. The molecule has 0 aromatic heterocycles. The predicted octanol–water partition coefficient (Wildman–Crippen LogP) is 7.44. The van der Waals surface area contributed by atoms with Crippen molar-refractivity contribution in [3.05, 3.63) is 67.6 Å². The summed E-state index contributed by atoms with van der Waals surface area (Å²) in [5.41, 5.74) is 0. The number of halogens is 4. The molecule has 3 aliphatic carbocycles. The normalized spacial score (nSPS) is 25.3. The first-order valence-corrected chi connectivity index (χ1v) is 36.4. The Balaban J connectivity index is 0. The first-order valence-electron chi connectivity index (χ1n) is 15.1. The Hall–Kier alpha value is 2.70. The van der Waals surface area contributed by atoms with Crippen molar-refractivity contribution in [1.82, 2.24) is 0 Å². The molecule has 6 atom stereocenters. The zero-order chi connectivity index (χ0) is 36.1. The van der Waals surface area contributed by atoms with E-state index in [4.69, 9.17) is 4.18 Å². The summed E-state index contributed by atoms with van der Waals surface area (Å²) in [7, 11) is -6.08. The van der Waals surface area contributed by atoms with Gasteiger partial charge in [0.25, 0.3) is 10.1 Å². The molecular formula is C32H49I4LiO7S4V-. The molecule has 0 aliphatic heterocycles. The van der Waals surface area contributed by atoms with Crippen LogP contribution in [0, 0.1) is 24.7 Å². The second-order valence-corrected chi connectivity index (χ2v) is 53.4. The van der Waals surface area contributed by atoms with Crippen LogP contribution in [0.5, 0.6) is 0 Å². The molecule has 0 unspecified atom stereocenters. The zero-order valence-corrected chi connectivity index (χ0v) is 41.3. The van der Waals surface area contributed by atoms with Crippen LogP contribution in [-0.4, -0.2) is 47.6 Å². The molecule has 0 heterocycles. The molecule has 0 radical (unpaired) electrons. The number of unbranched alkanes of at least 4 members (excludes halogenated alkanes) is 1. The van der Waals surface area contributed by atoms with Gasteiger partial charge in [0.2, 0.25) is 0 Å². The Bertz CT molecular complexity index is 1520. The van der Waals surface area contributed by atoms with Crippen molar-refractivity contribution in [3.63, 3.8) is 0 Å². The van der Waals surface area contributed by atoms with Crippen LogP contribution in [0.2, 0.25) is 0 Å². The second kappa shape index (κ2) is 25.8. The van der Waals surface area contributed by atoms with Gasteiger partial charge in [-0.2, -0.15) is 14.8 Å². The first-order chi connectivity index (χ1) is 21.9. The third-order valence-electron chi connectivity index (χ3n) is 8.62. The molecule has 0 amide bonds. The van der Waals surface area contributed by atoms with E-state index in [0.717, 1.165) is 31.9 Å². The van der Waals surface area contributed by atoms with Crippen LogP contribution in [0.25, 0.3) is 0 Å². The number of rotatable bonds is 7. The second-order valence-electron chi connectivity index (χ2n) is 11.9. The summed E-state index contributed by atoms with van der Waals surface area (Å²) < 4.78 is 77.6. The minimum Gasteiger partial charge on any atom is -0.713 e. The Morgan fingerprint density at radius 1 is 0.857 bits per heavy atom. The molecule has 49 heavy (non-hydrogen) atoms. The molecule has 0 saturated heterocycles. The number of benzene rings is 2. The molecule has 0 bridgehead atoms. The quantitative estimate of drug-likeness (QED) is 0.0926. The Kier molecular flexibility index (Phi) is 28.3. The summed E-state index contributed by atoms with van der Waals surface area (Å²) in [6, 6.07) is 17.2. The van der Waals surface area contributed by atoms with Gasteiger partial charge in [0.15, 0.2) is 19.7 Å². The molecule has 3 fully saturated rings. The van der Waals surface area contributed by atoms with Gasteiger partial charge in [-0.3, -0.25) is 25.4 Å². The summed E-state index contributed by atoms with van der Waals surface area (Å²) >= 11 is 9.12. The molecule has 0 spiro atoms. The third-order valence-corrected chi connectivity index (χ3v) is 14.1. The number of hydrogen-bond donors (Lipinski definition) is 0. The summed E-state index contributed by atoms with van der Waals surface area (Å²) in [4.78, 5) is 0.509. The third kappa shape index (κ3) is 17.2. The molecule has 3 saturated carbocycles. The van der Waals surface area contributed by atoms with Gasteiger partial charge >= 0.3 is 83.7 Å². The molecule has 7 nitrogen and oxygen atoms in total. The Morgan fingerprint density at radius 3 is 1.67 bits per heavy atom. The first kappa shape index (κ1) is 53.8. The van der Waals surface area contributed by atoms with Gasteiger partial charge < -0.3 is 16.7 Å². The average Bonchev–Trinajstić information content (AvgIpc) is 3.71. The van der Waals surface area contributed by atoms with Crippen LogP contribution in [0.15, 0.2) is 70.5 Å². The standard InChI is InChI=1S/C14H20O5S2.C13H16O2S.C4H9.CH4.IS.3HI.Li.V/c1-11-8-9-13(10-14(11)19-20(2,15)16)21(17,18)12-6-4-3-5-7-12;1-10-7-8-13(9-12(10)13)16(14,15)11-5-3-2-4-6-11;1-3-4-2;;1-2;;;;;/h3-7,11,13-14H,8-10H2,1-2H3;2-6,10,12H,7-9H2,1H3;1,3-4H2,2H3;1H4;;3*1H;;/q;;-1;;-1;;;;+1;+3/p-3/t11-,13+,14-;10-,12+,13-;;;;;;;;/m11......../s1.